The van der Waals surface area contributed by atoms with Gasteiger partial charge in [0.25, 0.3) is 0 Å². The Labute approximate surface area is 190 Å². The monoisotopic (exact) mass is 443 g/mol. The summed E-state index contributed by atoms with van der Waals surface area (Å²) in [5.41, 5.74) is 0.934. The van der Waals surface area contributed by atoms with Gasteiger partial charge in [-0.15, -0.1) is 0 Å². The molecule has 0 N–H and O–H groups in total. The molecular weight excluding hydrogens is 414 g/mol. The van der Waals surface area contributed by atoms with E-state index < -0.39 is 14.3 Å². The van der Waals surface area contributed by atoms with Crippen molar-refractivity contribution in [2.75, 3.05) is 0 Å². The summed E-state index contributed by atoms with van der Waals surface area (Å²) in [6.45, 7) is 6.74. The average Bonchev–Trinajstić information content (AvgIpc) is 2.80. The van der Waals surface area contributed by atoms with Crippen molar-refractivity contribution in [2.24, 2.45) is 0 Å². The molecule has 1 fully saturated rings. The minimum atomic E-state index is -2.88. The third kappa shape index (κ3) is 3.77. The molecule has 1 atom stereocenters. The van der Waals surface area contributed by atoms with E-state index in [1.165, 1.54) is 0 Å². The Bertz CT molecular complexity index is 1040. The van der Waals surface area contributed by atoms with Crippen LogP contribution < -0.4 is 10.4 Å². The molecule has 1 amide bonds. The lowest BCUT2D eigenvalue weighted by molar-refractivity contribution is -0.161. The normalized spacial score (nSPS) is 16.4. The van der Waals surface area contributed by atoms with Crippen molar-refractivity contribution in [3.8, 4) is 0 Å². The van der Waals surface area contributed by atoms with E-state index in [1.807, 2.05) is 71.3 Å². The van der Waals surface area contributed by atoms with Gasteiger partial charge in [0.15, 0.2) is 0 Å². The van der Waals surface area contributed by atoms with Gasteiger partial charge in [0, 0.05) is 0 Å². The summed E-state index contributed by atoms with van der Waals surface area (Å²) in [6, 6.07) is 29.5. The standard InChI is InChI=1S/C27H29NO3Si/c1-27(2,3)32(22-15-9-5-10-16-22,23-17-11-6-12-18-23)28-24(19-25(28)29)26(30)31-20-21-13-7-4-8-14-21/h4-18,24H,19-20H2,1-3H3/t24-/m0/s1. The Morgan fingerprint density at radius 2 is 1.34 bits per heavy atom. The Hall–Kier alpha value is -3.18. The van der Waals surface area contributed by atoms with Crippen molar-refractivity contribution in [1.82, 2.24) is 4.57 Å². The summed E-state index contributed by atoms with van der Waals surface area (Å²) in [5.74, 6) is -0.317. The van der Waals surface area contributed by atoms with Crippen molar-refractivity contribution >= 4 is 30.5 Å². The fourth-order valence-electron chi connectivity index (χ4n) is 4.88. The second-order valence-electron chi connectivity index (χ2n) is 9.27. The van der Waals surface area contributed by atoms with Crippen LogP contribution in [-0.4, -0.2) is 30.7 Å². The molecule has 32 heavy (non-hydrogen) atoms. The predicted octanol–water partition coefficient (Wildman–Crippen LogP) is 3.89. The number of amides is 1. The zero-order chi connectivity index (χ0) is 22.8. The lowest BCUT2D eigenvalue weighted by Crippen LogP contribution is -2.82. The van der Waals surface area contributed by atoms with Crippen molar-refractivity contribution < 1.29 is 14.3 Å². The molecule has 0 aliphatic carbocycles. The molecule has 1 aliphatic rings. The smallest absolute Gasteiger partial charge is 0.328 e. The molecule has 1 saturated heterocycles. The summed E-state index contributed by atoms with van der Waals surface area (Å²) in [7, 11) is -2.88. The highest BCUT2D eigenvalue weighted by atomic mass is 28.3. The largest absolute Gasteiger partial charge is 0.459 e. The third-order valence-corrected chi connectivity index (χ3v) is 12.1. The Morgan fingerprint density at radius 3 is 1.78 bits per heavy atom. The number of β-lactam (4-membered cyclic amide) rings is 1. The lowest BCUT2D eigenvalue weighted by Gasteiger charge is -2.57. The summed E-state index contributed by atoms with van der Waals surface area (Å²) in [4.78, 5) is 26.4. The summed E-state index contributed by atoms with van der Waals surface area (Å²) in [5, 5.41) is 1.98. The molecule has 164 valence electrons. The fraction of sp³-hybridized carbons (Fsp3) is 0.259. The topological polar surface area (TPSA) is 46.6 Å². The predicted molar refractivity (Wildman–Crippen MR) is 129 cm³/mol. The van der Waals surface area contributed by atoms with Gasteiger partial charge in [-0.2, -0.15) is 0 Å². The highest BCUT2D eigenvalue weighted by Crippen LogP contribution is 2.43. The molecule has 0 aromatic heterocycles. The number of nitrogens with zero attached hydrogens (tertiary/aromatic N) is 1. The minimum Gasteiger partial charge on any atom is -0.459 e. The average molecular weight is 444 g/mol. The van der Waals surface area contributed by atoms with Gasteiger partial charge in [0.2, 0.25) is 14.1 Å². The Balaban J connectivity index is 1.76. The number of carbonyl (C=O) groups is 2. The molecule has 3 aromatic carbocycles. The lowest BCUT2D eigenvalue weighted by atomic mass is 10.1. The van der Waals surface area contributed by atoms with Gasteiger partial charge in [0.05, 0.1) is 6.42 Å². The molecule has 0 bridgehead atoms. The second kappa shape index (κ2) is 8.75. The van der Waals surface area contributed by atoms with Gasteiger partial charge in [-0.3, -0.25) is 4.79 Å². The van der Waals surface area contributed by atoms with Crippen molar-refractivity contribution in [3.63, 3.8) is 0 Å². The van der Waals surface area contributed by atoms with Crippen LogP contribution in [0.3, 0.4) is 0 Å². The van der Waals surface area contributed by atoms with E-state index in [0.29, 0.717) is 0 Å². The van der Waals surface area contributed by atoms with E-state index in [9.17, 15) is 9.59 Å². The third-order valence-electron chi connectivity index (χ3n) is 6.27. The maximum Gasteiger partial charge on any atom is 0.328 e. The maximum atomic E-state index is 13.2. The van der Waals surface area contributed by atoms with Gasteiger partial charge in [-0.05, 0) is 21.0 Å². The van der Waals surface area contributed by atoms with Gasteiger partial charge in [-0.25, -0.2) is 4.79 Å². The molecule has 0 saturated carbocycles. The van der Waals surface area contributed by atoms with Crippen molar-refractivity contribution in [1.29, 1.82) is 0 Å². The molecule has 5 heteroatoms. The molecule has 3 aromatic rings. The van der Waals surface area contributed by atoms with Crippen LogP contribution in [0.2, 0.25) is 5.04 Å². The van der Waals surface area contributed by atoms with E-state index in [1.54, 1.807) is 0 Å². The number of hydrogen-bond donors (Lipinski definition) is 0. The number of ether oxygens (including phenoxy) is 1. The number of benzene rings is 3. The van der Waals surface area contributed by atoms with Crippen LogP contribution in [0.5, 0.6) is 0 Å². The molecular formula is C27H29NO3Si. The van der Waals surface area contributed by atoms with Gasteiger partial charge >= 0.3 is 5.97 Å². The van der Waals surface area contributed by atoms with Crippen molar-refractivity contribution in [2.45, 2.75) is 44.9 Å². The maximum absolute atomic E-state index is 13.2. The molecule has 0 radical (unpaired) electrons. The Morgan fingerprint density at radius 1 is 0.875 bits per heavy atom. The first-order valence-electron chi connectivity index (χ1n) is 11.0. The Kier molecular flexibility index (Phi) is 6.02. The first-order chi connectivity index (χ1) is 15.4. The highest BCUT2D eigenvalue weighted by molar-refractivity contribution is 7.03. The SMILES string of the molecule is CC(C)(C)[Si](c1ccccc1)(c1ccccc1)N1C(=O)C[C@H]1C(=O)OCc1ccccc1. The second-order valence-corrected chi connectivity index (χ2v) is 13.8. The van der Waals surface area contributed by atoms with Crippen LogP contribution in [0.4, 0.5) is 0 Å². The summed E-state index contributed by atoms with van der Waals surface area (Å²) >= 11 is 0. The summed E-state index contributed by atoms with van der Waals surface area (Å²) in [6.07, 6.45) is 0.193. The van der Waals surface area contributed by atoms with Gasteiger partial charge < -0.3 is 9.30 Å². The fourth-order valence-corrected chi connectivity index (χ4v) is 10.7. The van der Waals surface area contributed by atoms with Crippen LogP contribution in [-0.2, 0) is 20.9 Å². The van der Waals surface area contributed by atoms with E-state index in [-0.39, 0.29) is 29.9 Å². The van der Waals surface area contributed by atoms with Crippen LogP contribution in [0.25, 0.3) is 0 Å². The van der Waals surface area contributed by atoms with Crippen LogP contribution in [0.1, 0.15) is 32.8 Å². The van der Waals surface area contributed by atoms with E-state index in [2.05, 4.69) is 45.0 Å². The molecule has 4 rings (SSSR count). The zero-order valence-corrected chi connectivity index (χ0v) is 19.8. The van der Waals surface area contributed by atoms with Crippen LogP contribution in [0, 0.1) is 0 Å². The van der Waals surface area contributed by atoms with Crippen molar-refractivity contribution in [3.05, 3.63) is 96.6 Å². The molecule has 1 aliphatic heterocycles. The van der Waals surface area contributed by atoms with Crippen LogP contribution in [0.15, 0.2) is 91.0 Å². The number of carbonyl (C=O) groups excluding carboxylic acids is 2. The number of rotatable bonds is 6. The van der Waals surface area contributed by atoms with Crippen LogP contribution >= 0.6 is 0 Å². The number of esters is 1. The molecule has 0 spiro atoms. The highest BCUT2D eigenvalue weighted by Gasteiger charge is 2.62. The summed E-state index contributed by atoms with van der Waals surface area (Å²) < 4.78 is 7.57. The van der Waals surface area contributed by atoms with E-state index >= 15 is 0 Å². The zero-order valence-electron chi connectivity index (χ0n) is 18.8. The molecule has 1 heterocycles. The quantitative estimate of drug-likeness (QED) is 0.330. The van der Waals surface area contributed by atoms with E-state index in [0.717, 1.165) is 15.9 Å². The van der Waals surface area contributed by atoms with Gasteiger partial charge in [0.1, 0.15) is 12.6 Å². The first-order valence-corrected chi connectivity index (χ1v) is 12.9. The number of hydrogen-bond acceptors (Lipinski definition) is 3. The first kappa shape index (κ1) is 22.0. The molecule has 0 unspecified atom stereocenters. The van der Waals surface area contributed by atoms with E-state index in [4.69, 9.17) is 4.74 Å². The molecule has 4 nitrogen and oxygen atoms in total. The van der Waals surface area contributed by atoms with Gasteiger partial charge in [-0.1, -0.05) is 112 Å². The minimum absolute atomic E-state index is 0.0148.